The number of nitrogens with zero attached hydrogens (tertiary/aromatic N) is 1. The molecule has 318 valence electrons. The van der Waals surface area contributed by atoms with Crippen molar-refractivity contribution in [3.05, 3.63) is 149 Å². The average molecular weight is 880 g/mol. The molecule has 7 rings (SSSR count). The van der Waals surface area contributed by atoms with Crippen molar-refractivity contribution in [1.82, 2.24) is 4.57 Å². The van der Waals surface area contributed by atoms with E-state index < -0.39 is 87.1 Å². The van der Waals surface area contributed by atoms with E-state index in [9.17, 15) is 79.0 Å². The summed E-state index contributed by atoms with van der Waals surface area (Å²) in [7, 11) is 0. The topological polar surface area (TPSA) is 4.93 Å². The van der Waals surface area contributed by atoms with Crippen LogP contribution >= 0.6 is 0 Å². The van der Waals surface area contributed by atoms with Crippen molar-refractivity contribution in [1.29, 1.82) is 0 Å². The molecule has 0 atom stereocenters. The zero-order chi connectivity index (χ0) is 44.8. The van der Waals surface area contributed by atoms with Crippen LogP contribution in [-0.4, -0.2) is 4.57 Å². The number of rotatable bonds is 4. The van der Waals surface area contributed by atoms with Gasteiger partial charge in [-0.15, -0.1) is 0 Å². The molecule has 0 saturated carbocycles. The molecule has 61 heavy (non-hydrogen) atoms. The van der Waals surface area contributed by atoms with Crippen molar-refractivity contribution in [3.63, 3.8) is 0 Å². The van der Waals surface area contributed by atoms with Gasteiger partial charge in [-0.1, -0.05) is 42.5 Å². The Morgan fingerprint density at radius 1 is 0.279 bits per heavy atom. The van der Waals surface area contributed by atoms with E-state index in [2.05, 4.69) is 0 Å². The number of benzene rings is 6. The van der Waals surface area contributed by atoms with E-state index in [0.717, 1.165) is 36.4 Å². The molecule has 1 aromatic heterocycles. The van der Waals surface area contributed by atoms with Gasteiger partial charge in [-0.3, -0.25) is 0 Å². The Morgan fingerprint density at radius 2 is 0.574 bits per heavy atom. The minimum absolute atomic E-state index is 0.0333. The van der Waals surface area contributed by atoms with Gasteiger partial charge in [-0.25, -0.2) is 0 Å². The van der Waals surface area contributed by atoms with E-state index >= 15 is 0 Å². The minimum Gasteiger partial charge on any atom is -0.309 e. The van der Waals surface area contributed by atoms with Crippen LogP contribution in [0.15, 0.2) is 115 Å². The molecule has 0 bridgehead atoms. The zero-order valence-corrected chi connectivity index (χ0v) is 29.7. The third kappa shape index (κ3) is 8.21. The van der Waals surface area contributed by atoms with Gasteiger partial charge in [0.25, 0.3) is 0 Å². The maximum atomic E-state index is 14.2. The first-order valence-electron chi connectivity index (χ1n) is 17.1. The van der Waals surface area contributed by atoms with E-state index in [0.29, 0.717) is 36.4 Å². The Bertz CT molecular complexity index is 2680. The molecule has 0 saturated heterocycles. The Hall–Kier alpha value is -6.14. The lowest BCUT2D eigenvalue weighted by Gasteiger charge is -2.17. The molecule has 0 aliphatic carbocycles. The molecular weight excluding hydrogens is 860 g/mol. The van der Waals surface area contributed by atoms with Crippen LogP contribution in [0.2, 0.25) is 0 Å². The summed E-state index contributed by atoms with van der Waals surface area (Å²) in [4.78, 5) is 0. The number of aromatic nitrogens is 1. The molecule has 0 spiro atoms. The number of fused-ring (bicyclic) bond motifs is 3. The second-order valence-corrected chi connectivity index (χ2v) is 13.6. The van der Waals surface area contributed by atoms with Crippen LogP contribution in [-0.2, 0) is 37.1 Å². The van der Waals surface area contributed by atoms with Crippen molar-refractivity contribution < 1.29 is 79.0 Å². The van der Waals surface area contributed by atoms with E-state index in [1.807, 2.05) is 0 Å². The molecule has 0 radical (unpaired) electrons. The van der Waals surface area contributed by atoms with E-state index in [1.165, 1.54) is 28.8 Å². The maximum Gasteiger partial charge on any atom is 0.417 e. The maximum absolute atomic E-state index is 14.2. The lowest BCUT2D eigenvalue weighted by molar-refractivity contribution is -0.144. The predicted octanol–water partition coefficient (Wildman–Crippen LogP) is 15.9. The molecule has 1 heterocycles. The SMILES string of the molecule is FC(F)(F)c1ccc(-c2ccc(-n3c4ccc(-c5ccc(C(F)(F)F)cc5C(F)(F)F)cc4c4cc(-c5ccc(C(F)(F)F)cc5C(F)(F)F)ccc43)cc2)c(C(F)(F)F)c1. The summed E-state index contributed by atoms with van der Waals surface area (Å²) in [6, 6.07) is 14.3. The molecule has 0 fully saturated rings. The minimum atomic E-state index is -5.33. The number of alkyl halides is 18. The highest BCUT2D eigenvalue weighted by Gasteiger charge is 2.41. The molecular formula is C42H19F18N. The summed E-state index contributed by atoms with van der Waals surface area (Å²) in [5.41, 5.74) is -12.5. The summed E-state index contributed by atoms with van der Waals surface area (Å²) < 4.78 is 250. The standard InChI is InChI=1S/C42H19F18N/c43-37(44,45)23-5-10-27(32(17-23)40(52,53)54)20-1-8-26(9-2-20)61-35-13-3-21(28-11-6-24(38(46,47)48)18-33(28)41(55,56)57)15-30(35)31-16-22(4-14-36(31)61)29-12-7-25(39(49,50)51)19-34(29)42(58,59)60/h1-19H. The fraction of sp³-hybridized carbons (Fsp3) is 0.143. The van der Waals surface area contributed by atoms with Crippen LogP contribution in [0.25, 0.3) is 60.9 Å². The molecule has 0 aliphatic heterocycles. The Kier molecular flexibility index (Phi) is 10.0. The van der Waals surface area contributed by atoms with Crippen LogP contribution in [0.4, 0.5) is 79.0 Å². The third-order valence-corrected chi connectivity index (χ3v) is 9.78. The van der Waals surface area contributed by atoms with Crippen molar-refractivity contribution in [3.8, 4) is 39.1 Å². The summed E-state index contributed by atoms with van der Waals surface area (Å²) in [6.45, 7) is 0. The molecule has 6 aromatic carbocycles. The van der Waals surface area contributed by atoms with Gasteiger partial charge < -0.3 is 4.57 Å². The van der Waals surface area contributed by atoms with Gasteiger partial charge in [-0.2, -0.15) is 79.0 Å². The molecule has 0 unspecified atom stereocenters. The zero-order valence-electron chi connectivity index (χ0n) is 29.7. The summed E-state index contributed by atoms with van der Waals surface area (Å²) in [5, 5.41) is -0.0666. The number of hydrogen-bond donors (Lipinski definition) is 0. The van der Waals surface area contributed by atoms with Crippen molar-refractivity contribution in [2.45, 2.75) is 37.1 Å². The Labute approximate surface area is 330 Å². The second kappa shape index (κ2) is 14.2. The highest BCUT2D eigenvalue weighted by molar-refractivity contribution is 6.11. The molecule has 0 N–H and O–H groups in total. The smallest absolute Gasteiger partial charge is 0.309 e. The normalized spacial score (nSPS) is 13.4. The first-order chi connectivity index (χ1) is 28.0. The lowest BCUT2D eigenvalue weighted by atomic mass is 9.94. The lowest BCUT2D eigenvalue weighted by Crippen LogP contribution is -2.12. The average Bonchev–Trinajstić information content (AvgIpc) is 3.48. The molecule has 0 aliphatic rings. The van der Waals surface area contributed by atoms with Gasteiger partial charge in [-0.05, 0) is 106 Å². The second-order valence-electron chi connectivity index (χ2n) is 13.6. The molecule has 19 heteroatoms. The first-order valence-corrected chi connectivity index (χ1v) is 17.1. The summed E-state index contributed by atoms with van der Waals surface area (Å²) in [6.07, 6.45) is -31.4. The highest BCUT2D eigenvalue weighted by Crippen LogP contribution is 2.46. The van der Waals surface area contributed by atoms with Crippen LogP contribution in [0.1, 0.15) is 33.4 Å². The van der Waals surface area contributed by atoms with Crippen molar-refractivity contribution in [2.24, 2.45) is 0 Å². The van der Waals surface area contributed by atoms with Gasteiger partial charge in [0, 0.05) is 16.5 Å². The van der Waals surface area contributed by atoms with Crippen LogP contribution in [0, 0.1) is 0 Å². The van der Waals surface area contributed by atoms with Crippen molar-refractivity contribution in [2.75, 3.05) is 0 Å². The Balaban J connectivity index is 1.47. The van der Waals surface area contributed by atoms with Gasteiger partial charge in [0.1, 0.15) is 0 Å². The fourth-order valence-electron chi connectivity index (χ4n) is 7.05. The molecule has 0 amide bonds. The molecule has 1 nitrogen and oxygen atoms in total. The summed E-state index contributed by atoms with van der Waals surface area (Å²) in [5.74, 6) is 0. The summed E-state index contributed by atoms with van der Waals surface area (Å²) >= 11 is 0. The fourth-order valence-corrected chi connectivity index (χ4v) is 7.05. The number of hydrogen-bond acceptors (Lipinski definition) is 0. The Morgan fingerprint density at radius 3 is 0.869 bits per heavy atom. The van der Waals surface area contributed by atoms with E-state index in [4.69, 9.17) is 0 Å². The van der Waals surface area contributed by atoms with Gasteiger partial charge in [0.15, 0.2) is 0 Å². The van der Waals surface area contributed by atoms with Crippen LogP contribution in [0.5, 0.6) is 0 Å². The third-order valence-electron chi connectivity index (χ3n) is 9.78. The molecule has 7 aromatic rings. The van der Waals surface area contributed by atoms with Crippen molar-refractivity contribution >= 4 is 21.8 Å². The van der Waals surface area contributed by atoms with E-state index in [1.54, 1.807) is 0 Å². The highest BCUT2D eigenvalue weighted by atomic mass is 19.4. The van der Waals surface area contributed by atoms with Gasteiger partial charge in [0.2, 0.25) is 0 Å². The van der Waals surface area contributed by atoms with Crippen LogP contribution in [0.3, 0.4) is 0 Å². The van der Waals surface area contributed by atoms with Gasteiger partial charge >= 0.3 is 37.1 Å². The quantitative estimate of drug-likeness (QED) is 0.155. The monoisotopic (exact) mass is 879 g/mol. The first kappa shape index (κ1) is 43.0. The van der Waals surface area contributed by atoms with Gasteiger partial charge in [0.05, 0.1) is 44.4 Å². The van der Waals surface area contributed by atoms with E-state index in [-0.39, 0.29) is 62.4 Å². The van der Waals surface area contributed by atoms with Crippen LogP contribution < -0.4 is 0 Å². The predicted molar refractivity (Wildman–Crippen MR) is 187 cm³/mol. The number of halogens is 18. The largest absolute Gasteiger partial charge is 0.417 e.